The highest BCUT2D eigenvalue weighted by atomic mass is 79.9. The number of hydrogen-bond donors (Lipinski definition) is 0. The summed E-state index contributed by atoms with van der Waals surface area (Å²) in [5, 5.41) is -0.235. The van der Waals surface area contributed by atoms with E-state index in [0.717, 1.165) is 21.5 Å². The minimum absolute atomic E-state index is 0.0124. The predicted octanol–water partition coefficient (Wildman–Crippen LogP) is 4.02. The Morgan fingerprint density at radius 1 is 1.43 bits per heavy atom. The first-order chi connectivity index (χ1) is 11.1. The van der Waals surface area contributed by atoms with Gasteiger partial charge in [0.1, 0.15) is 15.8 Å². The van der Waals surface area contributed by atoms with Gasteiger partial charge in [-0.05, 0) is 42.3 Å². The maximum atomic E-state index is 12.7. The number of thiocarbonyl (C=S) groups is 1. The molecule has 0 aliphatic carbocycles. The summed E-state index contributed by atoms with van der Waals surface area (Å²) in [5.41, 5.74) is 0.982. The van der Waals surface area contributed by atoms with Crippen LogP contribution >= 0.6 is 39.9 Å². The van der Waals surface area contributed by atoms with Crippen molar-refractivity contribution in [3.63, 3.8) is 0 Å². The summed E-state index contributed by atoms with van der Waals surface area (Å²) in [7, 11) is 1.63. The van der Waals surface area contributed by atoms with Crippen LogP contribution in [0.4, 0.5) is 0 Å². The van der Waals surface area contributed by atoms with Crippen LogP contribution in [0.25, 0.3) is 0 Å². The number of ether oxygens (including phenoxy) is 1. The first-order valence-electron chi connectivity index (χ1n) is 6.95. The minimum atomic E-state index is -0.235. The van der Waals surface area contributed by atoms with Gasteiger partial charge in [-0.3, -0.25) is 9.69 Å². The van der Waals surface area contributed by atoms with Gasteiger partial charge in [0.15, 0.2) is 0 Å². The molecule has 1 saturated heterocycles. The van der Waals surface area contributed by atoms with E-state index in [9.17, 15) is 4.79 Å². The molecule has 120 valence electrons. The lowest BCUT2D eigenvalue weighted by Crippen LogP contribution is -2.31. The fourth-order valence-corrected chi connectivity index (χ4v) is 4.36. The number of thioether (sulfide) groups is 1. The van der Waals surface area contributed by atoms with Crippen molar-refractivity contribution in [2.24, 2.45) is 0 Å². The molecule has 0 radical (unpaired) electrons. The lowest BCUT2D eigenvalue weighted by Gasteiger charge is -2.14. The maximum absolute atomic E-state index is 12.7. The molecule has 2 heterocycles. The molecule has 1 aromatic heterocycles. The Morgan fingerprint density at radius 2 is 2.26 bits per heavy atom. The van der Waals surface area contributed by atoms with E-state index < -0.39 is 0 Å². The summed E-state index contributed by atoms with van der Waals surface area (Å²) in [4.78, 5) is 14.3. The highest BCUT2D eigenvalue weighted by Crippen LogP contribution is 2.34. The third-order valence-electron chi connectivity index (χ3n) is 3.55. The van der Waals surface area contributed by atoms with Crippen LogP contribution in [0.15, 0.2) is 45.5 Å². The van der Waals surface area contributed by atoms with E-state index in [1.165, 1.54) is 11.8 Å². The van der Waals surface area contributed by atoms with Gasteiger partial charge in [0.05, 0.1) is 25.2 Å². The van der Waals surface area contributed by atoms with Crippen molar-refractivity contribution < 1.29 is 13.9 Å². The highest BCUT2D eigenvalue weighted by Gasteiger charge is 2.37. The quantitative estimate of drug-likeness (QED) is 0.694. The van der Waals surface area contributed by atoms with Crippen LogP contribution < -0.4 is 4.74 Å². The average Bonchev–Trinajstić information content (AvgIpc) is 3.12. The van der Waals surface area contributed by atoms with Crippen LogP contribution in [-0.4, -0.2) is 27.5 Å². The zero-order valence-electron chi connectivity index (χ0n) is 12.3. The van der Waals surface area contributed by atoms with Crippen LogP contribution in [0.1, 0.15) is 11.3 Å². The van der Waals surface area contributed by atoms with Crippen molar-refractivity contribution in [3.8, 4) is 5.75 Å². The highest BCUT2D eigenvalue weighted by molar-refractivity contribution is 9.10. The van der Waals surface area contributed by atoms with Gasteiger partial charge in [0.25, 0.3) is 0 Å². The molecule has 1 amide bonds. The minimum Gasteiger partial charge on any atom is -0.496 e. The molecule has 23 heavy (non-hydrogen) atoms. The van der Waals surface area contributed by atoms with E-state index in [1.807, 2.05) is 24.3 Å². The maximum Gasteiger partial charge on any atom is 0.242 e. The van der Waals surface area contributed by atoms with Crippen molar-refractivity contribution >= 4 is 50.1 Å². The summed E-state index contributed by atoms with van der Waals surface area (Å²) >= 11 is 10.2. The number of halogens is 1. The van der Waals surface area contributed by atoms with Gasteiger partial charge in [0, 0.05) is 4.47 Å². The summed E-state index contributed by atoms with van der Waals surface area (Å²) in [5.74, 6) is 1.51. The number of nitrogens with zero attached hydrogens (tertiary/aromatic N) is 1. The van der Waals surface area contributed by atoms with Gasteiger partial charge >= 0.3 is 0 Å². The number of benzene rings is 1. The molecule has 0 bridgehead atoms. The molecule has 4 nitrogen and oxygen atoms in total. The molecule has 2 aromatic rings. The number of carbonyl (C=O) groups is 1. The first-order valence-corrected chi connectivity index (χ1v) is 9.03. The van der Waals surface area contributed by atoms with Crippen LogP contribution in [0.3, 0.4) is 0 Å². The molecule has 1 aliphatic rings. The summed E-state index contributed by atoms with van der Waals surface area (Å²) in [6.45, 7) is 0.379. The second-order valence-electron chi connectivity index (χ2n) is 5.04. The van der Waals surface area contributed by atoms with Gasteiger partial charge < -0.3 is 9.15 Å². The van der Waals surface area contributed by atoms with Gasteiger partial charge in [-0.15, -0.1) is 0 Å². The van der Waals surface area contributed by atoms with Crippen LogP contribution in [0, 0.1) is 0 Å². The molecular formula is C16H14BrNO3S2. The molecular weight excluding hydrogens is 398 g/mol. The topological polar surface area (TPSA) is 42.7 Å². The van der Waals surface area contributed by atoms with Crippen molar-refractivity contribution in [1.29, 1.82) is 0 Å². The third-order valence-corrected chi connectivity index (χ3v) is 5.62. The van der Waals surface area contributed by atoms with E-state index in [2.05, 4.69) is 15.9 Å². The van der Waals surface area contributed by atoms with Gasteiger partial charge in [-0.2, -0.15) is 0 Å². The lowest BCUT2D eigenvalue weighted by atomic mass is 10.1. The van der Waals surface area contributed by atoms with Crippen LogP contribution in [-0.2, 0) is 17.8 Å². The molecule has 0 unspecified atom stereocenters. The van der Waals surface area contributed by atoms with Gasteiger partial charge in [0.2, 0.25) is 5.91 Å². The smallest absolute Gasteiger partial charge is 0.242 e. The van der Waals surface area contributed by atoms with Crippen molar-refractivity contribution in [3.05, 3.63) is 52.4 Å². The monoisotopic (exact) mass is 411 g/mol. The Bertz CT molecular complexity index is 733. The van der Waals surface area contributed by atoms with E-state index >= 15 is 0 Å². The Labute approximate surface area is 152 Å². The third kappa shape index (κ3) is 3.62. The average molecular weight is 412 g/mol. The standard InChI is InChI=1S/C16H14BrNO3S2/c1-20-13-5-4-11(17)7-10(13)8-14-15(19)18(16(22)23-14)9-12-3-2-6-21-12/h2-7,14H,8-9H2,1H3/t14-/m0/s1. The number of methoxy groups -OCH3 is 1. The van der Waals surface area contributed by atoms with Crippen molar-refractivity contribution in [1.82, 2.24) is 4.90 Å². The zero-order chi connectivity index (χ0) is 16.4. The van der Waals surface area contributed by atoms with Crippen LogP contribution in [0.2, 0.25) is 0 Å². The number of amides is 1. The van der Waals surface area contributed by atoms with Crippen molar-refractivity contribution in [2.75, 3.05) is 7.11 Å². The van der Waals surface area contributed by atoms with Crippen molar-refractivity contribution in [2.45, 2.75) is 18.2 Å². The SMILES string of the molecule is COc1ccc(Br)cc1C[C@@H]1SC(=S)N(Cc2ccco2)C1=O. The summed E-state index contributed by atoms with van der Waals surface area (Å²) in [6, 6.07) is 9.42. The Morgan fingerprint density at radius 3 is 2.96 bits per heavy atom. The summed E-state index contributed by atoms with van der Waals surface area (Å²) in [6.07, 6.45) is 2.16. The number of carbonyl (C=O) groups excluding carboxylic acids is 1. The van der Waals surface area contributed by atoms with Gasteiger partial charge in [-0.1, -0.05) is 39.9 Å². The molecule has 3 rings (SSSR count). The second-order valence-corrected chi connectivity index (χ2v) is 7.79. The van der Waals surface area contributed by atoms with E-state index in [-0.39, 0.29) is 11.2 Å². The number of hydrogen-bond acceptors (Lipinski definition) is 5. The van der Waals surface area contributed by atoms with Gasteiger partial charge in [-0.25, -0.2) is 0 Å². The second kappa shape index (κ2) is 7.07. The Balaban J connectivity index is 1.76. The Hall–Kier alpha value is -1.31. The molecule has 1 aromatic carbocycles. The Kier molecular flexibility index (Phi) is 5.08. The lowest BCUT2D eigenvalue weighted by molar-refractivity contribution is -0.126. The summed E-state index contributed by atoms with van der Waals surface area (Å²) < 4.78 is 12.2. The number of furan rings is 1. The molecule has 1 atom stereocenters. The van der Waals surface area contributed by atoms with E-state index in [0.29, 0.717) is 17.3 Å². The predicted molar refractivity (Wildman–Crippen MR) is 97.6 cm³/mol. The molecule has 1 aliphatic heterocycles. The fourth-order valence-electron chi connectivity index (χ4n) is 2.44. The zero-order valence-corrected chi connectivity index (χ0v) is 15.5. The first kappa shape index (κ1) is 16.5. The molecule has 7 heteroatoms. The van der Waals surface area contributed by atoms with Crippen LogP contribution in [0.5, 0.6) is 5.75 Å². The normalized spacial score (nSPS) is 17.8. The largest absolute Gasteiger partial charge is 0.496 e. The van der Waals surface area contributed by atoms with E-state index in [4.69, 9.17) is 21.4 Å². The molecule has 0 N–H and O–H groups in total. The fraction of sp³-hybridized carbons (Fsp3) is 0.250. The molecule has 0 saturated carbocycles. The number of rotatable bonds is 5. The molecule has 1 fully saturated rings. The van der Waals surface area contributed by atoms with E-state index in [1.54, 1.807) is 24.3 Å². The molecule has 0 spiro atoms.